The van der Waals surface area contributed by atoms with Crippen molar-refractivity contribution in [3.05, 3.63) is 41.2 Å². The third kappa shape index (κ3) is 2.71. The zero-order valence-electron chi connectivity index (χ0n) is 11.9. The van der Waals surface area contributed by atoms with Gasteiger partial charge in [0, 0.05) is 9.86 Å². The Morgan fingerprint density at radius 1 is 1.29 bits per heavy atom. The molecule has 3 rings (SSSR count). The van der Waals surface area contributed by atoms with Crippen molar-refractivity contribution in [2.75, 3.05) is 11.8 Å². The lowest BCUT2D eigenvalue weighted by Crippen LogP contribution is -2.42. The first-order chi connectivity index (χ1) is 11.3. The van der Waals surface area contributed by atoms with Gasteiger partial charge in [0.2, 0.25) is 6.20 Å². The van der Waals surface area contributed by atoms with Crippen LogP contribution in [0.1, 0.15) is 0 Å². The van der Waals surface area contributed by atoms with Crippen LogP contribution in [0.4, 0.5) is 14.5 Å². The van der Waals surface area contributed by atoms with Gasteiger partial charge in [-0.3, -0.25) is 4.72 Å². The van der Waals surface area contributed by atoms with E-state index in [2.05, 4.69) is 15.1 Å². The minimum Gasteiger partial charge on any atom is -0.271 e. The van der Waals surface area contributed by atoms with Gasteiger partial charge in [-0.15, -0.1) is 0 Å². The zero-order valence-corrected chi connectivity index (χ0v) is 13.5. The monoisotopic (exact) mass is 376 g/mol. The molecular formula is C12H9ClF2N5O3S+. The van der Waals surface area contributed by atoms with Gasteiger partial charge in [-0.05, 0) is 12.1 Å². The summed E-state index contributed by atoms with van der Waals surface area (Å²) in [5.74, 6) is -2.15. The second kappa shape index (κ2) is 5.70. The van der Waals surface area contributed by atoms with E-state index in [1.807, 2.05) is 0 Å². The van der Waals surface area contributed by atoms with Gasteiger partial charge >= 0.3 is 21.0 Å². The number of rotatable bonds is 3. The van der Waals surface area contributed by atoms with Gasteiger partial charge < -0.3 is 0 Å². The number of halogens is 3. The highest BCUT2D eigenvalue weighted by Gasteiger charge is 2.47. The highest BCUT2D eigenvalue weighted by molar-refractivity contribution is 8.07. The van der Waals surface area contributed by atoms with Crippen molar-refractivity contribution in [2.24, 2.45) is 15.1 Å². The van der Waals surface area contributed by atoms with Gasteiger partial charge in [-0.1, -0.05) is 17.7 Å². The van der Waals surface area contributed by atoms with E-state index in [-0.39, 0.29) is 11.0 Å². The van der Waals surface area contributed by atoms with E-state index in [9.17, 15) is 17.2 Å². The predicted molar refractivity (Wildman–Crippen MR) is 83.5 cm³/mol. The van der Waals surface area contributed by atoms with E-state index in [0.29, 0.717) is 0 Å². The third-order valence-corrected chi connectivity index (χ3v) is 4.40. The van der Waals surface area contributed by atoms with Crippen LogP contribution in [-0.2, 0) is 14.9 Å². The molecule has 8 nitrogen and oxygen atoms in total. The maximum Gasteiger partial charge on any atom is 0.331 e. The molecule has 2 heterocycles. The highest BCUT2D eigenvalue weighted by Crippen LogP contribution is 2.27. The molecule has 0 aromatic heterocycles. The lowest BCUT2D eigenvalue weighted by molar-refractivity contribution is -0.993. The van der Waals surface area contributed by atoms with Crippen LogP contribution in [0.25, 0.3) is 0 Å². The Labute approximate surface area is 140 Å². The fourth-order valence-electron chi connectivity index (χ4n) is 1.95. The summed E-state index contributed by atoms with van der Waals surface area (Å²) in [5, 5.41) is 3.08. The molecule has 0 fully saturated rings. The molecule has 1 atom stereocenters. The standard InChI is InChI=1S/C12H9ClF2N5O3S/c1-23-20-6-9(13)16-5-10(20)17-12(18-20)24(21,22)19-11-7(14)3-2-4-8(11)15/h2-6,19H,1H3/q+1. The number of amidine groups is 2. The topological polar surface area (TPSA) is 92.5 Å². The van der Waals surface area contributed by atoms with Crippen LogP contribution in [0.5, 0.6) is 0 Å². The van der Waals surface area contributed by atoms with Crippen LogP contribution in [-0.4, -0.2) is 37.5 Å². The van der Waals surface area contributed by atoms with Crippen LogP contribution in [0, 0.1) is 11.6 Å². The molecule has 1 N–H and O–H groups in total. The average Bonchev–Trinajstić information content (AvgIpc) is 2.91. The maximum absolute atomic E-state index is 13.6. The van der Waals surface area contributed by atoms with Crippen molar-refractivity contribution in [3.8, 4) is 0 Å². The lowest BCUT2D eigenvalue weighted by Gasteiger charge is -2.19. The summed E-state index contributed by atoms with van der Waals surface area (Å²) in [7, 11) is -3.23. The number of sulfonamides is 1. The number of anilines is 1. The van der Waals surface area contributed by atoms with Crippen molar-refractivity contribution >= 4 is 44.5 Å². The Bertz CT molecular complexity index is 924. The summed E-state index contributed by atoms with van der Waals surface area (Å²) in [6.07, 6.45) is 2.37. The van der Waals surface area contributed by atoms with Crippen molar-refractivity contribution in [3.63, 3.8) is 0 Å². The number of nitrogens with one attached hydrogen (secondary N) is 1. The molecule has 0 saturated carbocycles. The van der Waals surface area contributed by atoms with E-state index in [0.717, 1.165) is 18.2 Å². The molecule has 0 bridgehead atoms. The van der Waals surface area contributed by atoms with Crippen molar-refractivity contribution in [1.82, 2.24) is 0 Å². The Hall–Kier alpha value is -2.21. The molecule has 0 radical (unpaired) electrons. The van der Waals surface area contributed by atoms with E-state index in [4.69, 9.17) is 16.4 Å². The Balaban J connectivity index is 2.02. The van der Waals surface area contributed by atoms with E-state index in [1.54, 1.807) is 4.72 Å². The molecule has 24 heavy (non-hydrogen) atoms. The van der Waals surface area contributed by atoms with Crippen molar-refractivity contribution in [1.29, 1.82) is 0 Å². The van der Waals surface area contributed by atoms with Crippen LogP contribution >= 0.6 is 11.6 Å². The predicted octanol–water partition coefficient (Wildman–Crippen LogP) is 1.89. The van der Waals surface area contributed by atoms with Crippen LogP contribution in [0.15, 0.2) is 44.6 Å². The maximum atomic E-state index is 13.6. The number of hydrogen-bond acceptors (Lipinski definition) is 6. The summed E-state index contributed by atoms with van der Waals surface area (Å²) in [4.78, 5) is 12.7. The van der Waals surface area contributed by atoms with Crippen molar-refractivity contribution < 1.29 is 26.8 Å². The van der Waals surface area contributed by atoms with Crippen LogP contribution < -0.4 is 4.72 Å². The summed E-state index contributed by atoms with van der Waals surface area (Å²) in [5.41, 5.74) is -0.837. The SMILES string of the molecule is CO[N+]12C=C(Cl)N=CC1=NC(S(=O)(=O)Nc1c(F)cccc1F)=N2. The van der Waals surface area contributed by atoms with E-state index < -0.39 is 37.3 Å². The average molecular weight is 377 g/mol. The fourth-order valence-corrected chi connectivity index (χ4v) is 3.13. The molecule has 126 valence electrons. The second-order valence-corrected chi connectivity index (χ2v) is 6.53. The first kappa shape index (κ1) is 16.6. The summed E-state index contributed by atoms with van der Waals surface area (Å²) in [6, 6.07) is 2.92. The molecule has 1 aromatic carbocycles. The number of hydroxylamine groups is 2. The molecule has 0 amide bonds. The zero-order chi connectivity index (χ0) is 17.5. The Morgan fingerprint density at radius 3 is 2.58 bits per heavy atom. The smallest absolute Gasteiger partial charge is 0.271 e. The van der Waals surface area contributed by atoms with Crippen molar-refractivity contribution in [2.45, 2.75) is 0 Å². The quantitative estimate of drug-likeness (QED) is 0.645. The third-order valence-electron chi connectivity index (χ3n) is 3.08. The summed E-state index contributed by atoms with van der Waals surface area (Å²) in [6.45, 7) is 0. The van der Waals surface area contributed by atoms with Crippen LogP contribution in [0.2, 0.25) is 0 Å². The molecule has 0 saturated heterocycles. The molecule has 2 aliphatic rings. The van der Waals surface area contributed by atoms with Gasteiger partial charge in [-0.2, -0.15) is 18.2 Å². The molecule has 1 aromatic rings. The van der Waals surface area contributed by atoms with Crippen LogP contribution in [0.3, 0.4) is 0 Å². The Kier molecular flexibility index (Phi) is 3.95. The van der Waals surface area contributed by atoms with E-state index >= 15 is 0 Å². The fraction of sp³-hybridized carbons (Fsp3) is 0.0833. The van der Waals surface area contributed by atoms with Gasteiger partial charge in [0.05, 0.1) is 7.11 Å². The molecule has 12 heteroatoms. The molecule has 0 aliphatic carbocycles. The number of quaternary nitrogens is 1. The first-order valence-corrected chi connectivity index (χ1v) is 8.17. The minimum absolute atomic E-state index is 0.00584. The molecular weight excluding hydrogens is 368 g/mol. The molecule has 0 spiro atoms. The second-order valence-electron chi connectivity index (χ2n) is 4.57. The largest absolute Gasteiger partial charge is 0.331 e. The van der Waals surface area contributed by atoms with Gasteiger partial charge in [-0.25, -0.2) is 13.8 Å². The van der Waals surface area contributed by atoms with E-state index in [1.165, 1.54) is 19.5 Å². The first-order valence-electron chi connectivity index (χ1n) is 6.31. The highest BCUT2D eigenvalue weighted by atomic mass is 35.5. The number of benzene rings is 1. The Morgan fingerprint density at radius 2 is 1.96 bits per heavy atom. The number of aliphatic imine (C=N–C) groups is 2. The molecule has 1 unspecified atom stereocenters. The number of nitrogens with zero attached hydrogens (tertiary/aromatic N) is 4. The van der Waals surface area contributed by atoms with Gasteiger partial charge in [0.1, 0.15) is 23.5 Å². The van der Waals surface area contributed by atoms with Gasteiger partial charge in [0.25, 0.3) is 0 Å². The number of para-hydroxylation sites is 1. The minimum atomic E-state index is -4.48. The molecule has 2 aliphatic heterocycles. The number of fused-ring (bicyclic) bond motifs is 1. The number of hydrogen-bond donors (Lipinski definition) is 1. The van der Waals surface area contributed by atoms with Gasteiger partial charge in [0.15, 0.2) is 5.16 Å². The lowest BCUT2D eigenvalue weighted by atomic mass is 10.3. The summed E-state index contributed by atoms with van der Waals surface area (Å²) >= 11 is 5.76. The summed E-state index contributed by atoms with van der Waals surface area (Å²) < 4.78 is 52.9. The normalized spacial score (nSPS) is 22.6.